The van der Waals surface area contributed by atoms with Gasteiger partial charge in [-0.1, -0.05) is 198 Å². The van der Waals surface area contributed by atoms with Crippen LogP contribution in [0.15, 0.2) is 121 Å². The van der Waals surface area contributed by atoms with Gasteiger partial charge in [-0.05, 0) is 158 Å². The molecule has 11 aromatic rings. The molecule has 0 heteroatoms. The predicted molar refractivity (Wildman–Crippen MR) is 266 cm³/mol. The van der Waals surface area contributed by atoms with Crippen molar-refractivity contribution >= 4 is 86.2 Å². The van der Waals surface area contributed by atoms with Gasteiger partial charge in [0.05, 0.1) is 0 Å². The maximum absolute atomic E-state index is 2.55. The Morgan fingerprint density at radius 2 is 0.600 bits per heavy atom. The van der Waals surface area contributed by atoms with E-state index in [1.807, 2.05) is 0 Å². The van der Waals surface area contributed by atoms with Gasteiger partial charge in [0.2, 0.25) is 0 Å². The van der Waals surface area contributed by atoms with Crippen molar-refractivity contribution in [1.29, 1.82) is 0 Å². The van der Waals surface area contributed by atoms with Crippen molar-refractivity contribution in [3.63, 3.8) is 0 Å². The summed E-state index contributed by atoms with van der Waals surface area (Å²) in [5.41, 5.74) is 10.8. The van der Waals surface area contributed by atoms with Crippen molar-refractivity contribution in [1.82, 2.24) is 0 Å². The van der Waals surface area contributed by atoms with Gasteiger partial charge in [-0.2, -0.15) is 0 Å². The third kappa shape index (κ3) is 5.22. The molecule has 0 saturated carbocycles. The second-order valence-electron chi connectivity index (χ2n) is 22.2. The van der Waals surface area contributed by atoms with Crippen LogP contribution >= 0.6 is 0 Å². The molecule has 0 aromatic heterocycles. The van der Waals surface area contributed by atoms with Crippen molar-refractivity contribution < 1.29 is 0 Å². The first kappa shape index (κ1) is 37.3. The number of rotatable bonds is 2. The van der Waals surface area contributed by atoms with Gasteiger partial charge in [-0.25, -0.2) is 0 Å². The SMILES string of the molecule is CC(C)(C)c1cc(-c2c3c4cccc5cccc(c3c(-c3cc(C(C)(C)C)cc(C(C)(C)C)c3)c3c6cc7cccc8ccc9ccc(c23)c6c9c87)c54)cc(C(C)(C)C)c1. The standard InChI is InChI=1S/C60H56/c1-57(2,3)39-26-37(27-40(31-39)58(4,5)6)50-53-43-20-14-17-33-18-15-21-44(48(33)43)54(53)51(38-28-41(59(7,8)9)32-42(29-38)60(10,11)12)56-46-30-36-19-13-16-34-22-23-35-24-25-45(55(50)56)52(46)49(35)47(34)36/h13-32H,1-12H3. The molecule has 0 unspecified atom stereocenters. The van der Waals surface area contributed by atoms with Crippen molar-refractivity contribution in [3.8, 4) is 22.3 Å². The van der Waals surface area contributed by atoms with Crippen LogP contribution in [0, 0.1) is 0 Å². The number of benzene rings is 9. The number of hydrogen-bond acceptors (Lipinski definition) is 0. The highest BCUT2D eigenvalue weighted by Crippen LogP contribution is 2.58. The second-order valence-corrected chi connectivity index (χ2v) is 22.2. The molecule has 0 bridgehead atoms. The Morgan fingerprint density at radius 3 is 1.05 bits per heavy atom. The fourth-order valence-electron chi connectivity index (χ4n) is 10.7. The summed E-state index contributed by atoms with van der Waals surface area (Å²) in [6.45, 7) is 28.4. The van der Waals surface area contributed by atoms with Crippen LogP contribution in [-0.2, 0) is 21.7 Å². The van der Waals surface area contributed by atoms with Crippen LogP contribution in [0.3, 0.4) is 0 Å². The van der Waals surface area contributed by atoms with Gasteiger partial charge in [0.25, 0.3) is 0 Å². The summed E-state index contributed by atoms with van der Waals surface area (Å²) in [5.74, 6) is 0. The van der Waals surface area contributed by atoms with Gasteiger partial charge in [-0.15, -0.1) is 0 Å². The van der Waals surface area contributed by atoms with Gasteiger partial charge in [-0.3, -0.25) is 0 Å². The van der Waals surface area contributed by atoms with Crippen molar-refractivity contribution in [2.24, 2.45) is 0 Å². The van der Waals surface area contributed by atoms with Crippen LogP contribution in [0.2, 0.25) is 0 Å². The lowest BCUT2D eigenvalue weighted by molar-refractivity contribution is 0.568. The van der Waals surface area contributed by atoms with Crippen LogP contribution in [0.1, 0.15) is 105 Å². The van der Waals surface area contributed by atoms with Gasteiger partial charge in [0.1, 0.15) is 0 Å². The highest BCUT2D eigenvalue weighted by Gasteiger charge is 2.31. The van der Waals surface area contributed by atoms with Crippen molar-refractivity contribution in [2.75, 3.05) is 0 Å². The van der Waals surface area contributed by atoms with Crippen molar-refractivity contribution in [2.45, 2.75) is 105 Å². The molecule has 0 amide bonds. The van der Waals surface area contributed by atoms with Crippen LogP contribution in [0.4, 0.5) is 0 Å². The van der Waals surface area contributed by atoms with E-state index in [1.165, 1.54) is 131 Å². The van der Waals surface area contributed by atoms with Crippen LogP contribution in [0.5, 0.6) is 0 Å². The minimum absolute atomic E-state index is 0.0304. The Bertz CT molecular complexity index is 3470. The normalized spacial score (nSPS) is 13.7. The first-order valence-electron chi connectivity index (χ1n) is 22.1. The Morgan fingerprint density at radius 1 is 0.250 bits per heavy atom. The van der Waals surface area contributed by atoms with Gasteiger partial charge >= 0.3 is 0 Å². The van der Waals surface area contributed by atoms with E-state index < -0.39 is 0 Å². The Balaban J connectivity index is 1.50. The molecule has 296 valence electrons. The summed E-state index contributed by atoms with van der Waals surface area (Å²) in [5, 5.41) is 21.7. The minimum atomic E-state index is -0.0319. The molecule has 0 nitrogen and oxygen atoms in total. The summed E-state index contributed by atoms with van der Waals surface area (Å²) in [4.78, 5) is 0. The third-order valence-corrected chi connectivity index (χ3v) is 14.0. The zero-order valence-electron chi connectivity index (χ0n) is 37.5. The molecule has 0 fully saturated rings. The highest BCUT2D eigenvalue weighted by atomic mass is 14.3. The molecule has 0 saturated heterocycles. The lowest BCUT2D eigenvalue weighted by Crippen LogP contribution is -2.16. The topological polar surface area (TPSA) is 0 Å². The molecule has 0 aliphatic carbocycles. The van der Waals surface area contributed by atoms with Crippen LogP contribution in [0.25, 0.3) is 108 Å². The molecule has 0 heterocycles. The molecule has 0 spiro atoms. The molecular formula is C60H56. The first-order valence-corrected chi connectivity index (χ1v) is 22.1. The monoisotopic (exact) mass is 776 g/mol. The van der Waals surface area contributed by atoms with Crippen LogP contribution in [-0.4, -0.2) is 0 Å². The van der Waals surface area contributed by atoms with E-state index in [4.69, 9.17) is 0 Å². The summed E-state index contributed by atoms with van der Waals surface area (Å²) < 4.78 is 0. The fraction of sp³-hybridized carbons (Fsp3) is 0.267. The van der Waals surface area contributed by atoms with E-state index in [1.54, 1.807) is 0 Å². The first-order chi connectivity index (χ1) is 28.3. The largest absolute Gasteiger partial charge is 0.0610 e. The lowest BCUT2D eigenvalue weighted by Gasteiger charge is -2.28. The molecular weight excluding hydrogens is 721 g/mol. The maximum atomic E-state index is 2.55. The fourth-order valence-corrected chi connectivity index (χ4v) is 10.7. The molecule has 0 aliphatic rings. The van der Waals surface area contributed by atoms with E-state index in [0.29, 0.717) is 0 Å². The zero-order valence-corrected chi connectivity index (χ0v) is 37.5. The van der Waals surface area contributed by atoms with Gasteiger partial charge < -0.3 is 0 Å². The average Bonchev–Trinajstić information content (AvgIpc) is 3.70. The molecule has 11 rings (SSSR count). The highest BCUT2D eigenvalue weighted by molar-refractivity contribution is 6.49. The van der Waals surface area contributed by atoms with E-state index in [2.05, 4.69) is 204 Å². The summed E-state index contributed by atoms with van der Waals surface area (Å²) in [6, 6.07) is 48.1. The van der Waals surface area contributed by atoms with Gasteiger partial charge in [0.15, 0.2) is 0 Å². The Hall–Kier alpha value is -5.72. The Kier molecular flexibility index (Phi) is 7.44. The van der Waals surface area contributed by atoms with Gasteiger partial charge in [0, 0.05) is 0 Å². The summed E-state index contributed by atoms with van der Waals surface area (Å²) >= 11 is 0. The molecule has 0 N–H and O–H groups in total. The van der Waals surface area contributed by atoms with E-state index in [0.717, 1.165) is 0 Å². The van der Waals surface area contributed by atoms with E-state index >= 15 is 0 Å². The molecule has 60 heavy (non-hydrogen) atoms. The molecule has 11 aromatic carbocycles. The summed E-state index contributed by atoms with van der Waals surface area (Å²) in [6.07, 6.45) is 0. The smallest absolute Gasteiger partial charge is 0.000696 e. The predicted octanol–water partition coefficient (Wildman–Crippen LogP) is 17.7. The maximum Gasteiger partial charge on any atom is -0.000696 e. The zero-order chi connectivity index (χ0) is 42.0. The molecule has 0 aliphatic heterocycles. The lowest BCUT2D eigenvalue weighted by atomic mass is 9.76. The molecule has 0 atom stereocenters. The average molecular weight is 777 g/mol. The van der Waals surface area contributed by atoms with Crippen molar-refractivity contribution in [3.05, 3.63) is 144 Å². The van der Waals surface area contributed by atoms with E-state index in [-0.39, 0.29) is 21.7 Å². The second kappa shape index (κ2) is 12.0. The molecule has 0 radical (unpaired) electrons. The number of hydrogen-bond donors (Lipinski definition) is 0. The van der Waals surface area contributed by atoms with Crippen LogP contribution < -0.4 is 0 Å². The number of fused-ring (bicyclic) bond motifs is 6. The Labute approximate surface area is 355 Å². The summed E-state index contributed by atoms with van der Waals surface area (Å²) in [7, 11) is 0. The van der Waals surface area contributed by atoms with E-state index in [9.17, 15) is 0 Å². The minimum Gasteiger partial charge on any atom is -0.0610 e. The third-order valence-electron chi connectivity index (χ3n) is 14.0. The quantitative estimate of drug-likeness (QED) is 0.153.